The molecule has 0 aromatic carbocycles. The van der Waals surface area contributed by atoms with Crippen LogP contribution in [0.15, 0.2) is 23.8 Å². The molecule has 0 amide bonds. The Morgan fingerprint density at radius 1 is 0.663 bits per heavy atom. The van der Waals surface area contributed by atoms with Crippen LogP contribution in [0.5, 0.6) is 0 Å². The summed E-state index contributed by atoms with van der Waals surface area (Å²) in [4.78, 5) is 41.5. The summed E-state index contributed by atoms with van der Waals surface area (Å²) in [5.41, 5.74) is 23.2. The maximum absolute atomic E-state index is 13.8. The molecule has 38 atom stereocenters. The lowest BCUT2D eigenvalue weighted by molar-refractivity contribution is -0.373. The first-order chi connectivity index (χ1) is 47.6. The number of esters is 1. The summed E-state index contributed by atoms with van der Waals surface area (Å²) in [5.74, 6) is -3.59. The van der Waals surface area contributed by atoms with E-state index in [0.717, 1.165) is 6.29 Å². The maximum atomic E-state index is 13.8. The van der Waals surface area contributed by atoms with Crippen LogP contribution in [-0.2, 0) is 80.7 Å². The Kier molecular flexibility index (Phi) is 31.9. The Bertz CT molecular complexity index is 2640. The Hall–Kier alpha value is -2.91. The maximum Gasteiger partial charge on any atom is 0.308 e. The average Bonchev–Trinajstić information content (AvgIpc) is 0.779. The molecule has 6 saturated heterocycles. The van der Waals surface area contributed by atoms with Gasteiger partial charge in [0, 0.05) is 56.9 Å². The highest BCUT2D eigenvalue weighted by Gasteiger charge is 2.56. The second kappa shape index (κ2) is 37.8. The third kappa shape index (κ3) is 20.5. The van der Waals surface area contributed by atoms with E-state index in [0.29, 0.717) is 12.0 Å². The van der Waals surface area contributed by atoms with Gasteiger partial charge >= 0.3 is 5.97 Å². The summed E-state index contributed by atoms with van der Waals surface area (Å²) in [6.07, 6.45) is -22.2. The number of hydrogen-bond donors (Lipinski definition) is 16. The van der Waals surface area contributed by atoms with Gasteiger partial charge in [0.15, 0.2) is 43.5 Å². The fourth-order valence-corrected chi connectivity index (χ4v) is 15.0. The number of fused-ring (bicyclic) bond motifs is 1. The summed E-state index contributed by atoms with van der Waals surface area (Å²) < 4.78 is 83.9. The van der Waals surface area contributed by atoms with Crippen LogP contribution in [0.4, 0.5) is 0 Å². The van der Waals surface area contributed by atoms with Gasteiger partial charge in [-0.3, -0.25) is 9.59 Å². The normalized spacial score (nSPS) is 49.3. The highest BCUT2D eigenvalue weighted by Crippen LogP contribution is 2.40. The summed E-state index contributed by atoms with van der Waals surface area (Å²) in [5, 5.41) is 120. The lowest BCUT2D eigenvalue weighted by Gasteiger charge is -2.51. The van der Waals surface area contributed by atoms with E-state index in [9.17, 15) is 70.6 Å². The van der Waals surface area contributed by atoms with Crippen LogP contribution >= 0.6 is 0 Å². The Balaban J connectivity index is 0.000000326. The molecular weight excluding hydrogens is 1340 g/mol. The molecule has 0 bridgehead atoms. The van der Waals surface area contributed by atoms with Gasteiger partial charge in [-0.25, -0.2) is 0 Å². The molecule has 0 spiro atoms. The molecule has 584 valence electrons. The van der Waals surface area contributed by atoms with Gasteiger partial charge in [0.25, 0.3) is 0 Å². The predicted molar refractivity (Wildman–Crippen MR) is 353 cm³/mol. The summed E-state index contributed by atoms with van der Waals surface area (Å²) in [6.45, 7) is 13.1. The smallest absolute Gasteiger partial charge is 0.308 e. The first kappa shape index (κ1) is 85.3. The molecule has 7 fully saturated rings. The van der Waals surface area contributed by atoms with Gasteiger partial charge in [0.05, 0.1) is 92.1 Å². The zero-order valence-electron chi connectivity index (χ0n) is 60.2. The molecular formula is C67H118N6O28. The van der Waals surface area contributed by atoms with E-state index < -0.39 is 250 Å². The number of aliphatic hydroxyl groups is 11. The van der Waals surface area contributed by atoms with E-state index in [2.05, 4.69) is 5.32 Å². The number of nitrogens with one attached hydrogen (secondary N) is 1. The van der Waals surface area contributed by atoms with E-state index in [4.69, 9.17) is 89.3 Å². The fraction of sp³-hybridized carbons (Fsp3) is 0.896. The summed E-state index contributed by atoms with van der Waals surface area (Å²) >= 11 is 0. The van der Waals surface area contributed by atoms with E-state index in [1.165, 1.54) is 27.2 Å². The number of likely N-dealkylation sites (N-methyl/N-ethyl adjacent to an activating group) is 2. The number of ketones is 1. The minimum Gasteiger partial charge on any atom is -0.462 e. The Morgan fingerprint density at radius 3 is 1.93 bits per heavy atom. The predicted octanol–water partition coefficient (Wildman–Crippen LogP) is -5.12. The number of aliphatic hydroxyl groups excluding tert-OH is 10. The standard InChI is InChI=1S/C46H77NO17.C21H41N5O11/c1-13-33-30(22-58-45-42(57-12)41(56-11)37(52)26(5)60-45)18-23(2)14-15-31(49)24(3)19-29(16-17-48)39(25(4)32(50)20-34(51)62-33)64-44-38(53)36(47(9)10)40(27(6)61-44)63-35-21-46(8,55)43(54)28(7)59-35;1-26-11-14(30)18-8(33-20(11)37-21-16(32)13(29)10(25)9(4-27)34-21)3-7(24)19(36-18)35-17-6(23)2-5(22)12(28)15(17)31/h14-15,17-18,24-30,32-33,35-45,50,52-55H,13,16,19-22H2,1-12H3;5-21,26-32H,2-4,22-25H2,1H3/b15-14+,23-18+;/t24-,25+,26-,27-,28+,29+,30?,32-,33-,35+,36-,37-,38-,39-,40-,41-,42-,43+,44+,45-,46-;5-,6+,7-,8+,9-,10-,11+,12+,13+,14-,15-,16-,17-,18+,19+,20-,21-/m11/s1. The summed E-state index contributed by atoms with van der Waals surface area (Å²) in [7, 11) is 7.99. The average molecular weight is 1460 g/mol. The van der Waals surface area contributed by atoms with Crippen LogP contribution in [0.2, 0.25) is 0 Å². The Morgan fingerprint density at radius 2 is 1.32 bits per heavy atom. The number of nitrogens with two attached hydrogens (primary N) is 4. The van der Waals surface area contributed by atoms with Crippen molar-refractivity contribution in [1.29, 1.82) is 0 Å². The topological polar surface area (TPSA) is 522 Å². The molecule has 101 heavy (non-hydrogen) atoms. The second-order valence-electron chi connectivity index (χ2n) is 29.0. The molecule has 1 saturated carbocycles. The third-order valence-corrected chi connectivity index (χ3v) is 21.2. The van der Waals surface area contributed by atoms with Gasteiger partial charge in [0.2, 0.25) is 0 Å². The quantitative estimate of drug-likeness (QED) is 0.0425. The fourth-order valence-electron chi connectivity index (χ4n) is 15.0. The van der Waals surface area contributed by atoms with Crippen LogP contribution in [0.3, 0.4) is 0 Å². The molecule has 1 aliphatic carbocycles. The lowest BCUT2D eigenvalue weighted by atomic mass is 9.79. The van der Waals surface area contributed by atoms with Crippen molar-refractivity contribution in [3.8, 4) is 0 Å². The number of allylic oxidation sites excluding steroid dienone is 3. The van der Waals surface area contributed by atoms with Crippen molar-refractivity contribution in [3.05, 3.63) is 23.8 Å². The molecule has 0 aromatic heterocycles. The molecule has 8 rings (SSSR count). The van der Waals surface area contributed by atoms with Crippen LogP contribution in [0.25, 0.3) is 0 Å². The molecule has 20 N–H and O–H groups in total. The van der Waals surface area contributed by atoms with Gasteiger partial charge in [-0.2, -0.15) is 0 Å². The molecule has 7 heterocycles. The van der Waals surface area contributed by atoms with Crippen molar-refractivity contribution in [1.82, 2.24) is 10.2 Å². The number of ether oxygens (including phenoxy) is 14. The van der Waals surface area contributed by atoms with Gasteiger partial charge < -0.3 is 160 Å². The number of carbonyl (C=O) groups excluding carboxylic acids is 3. The number of hydrogen-bond acceptors (Lipinski definition) is 34. The SMILES string of the molecule is CC[C@H]1OC(=O)C[C@@H](O)[C@H](C)[C@@H](O[C@@H]2O[C@H](C)[C@@H](O[C@H]3C[C@@](C)(O)[C@@H](O)[C@H](C)O3)[C@H](N(C)C)[C@H]2O)[C@@H](CC=O)C[C@@H](C)C(=O)/C=C/C(C)=C/C1CO[C@@H]1O[C@H](C)[C@@H](O)[C@@H](OC)[C@H]1OC.CN[C@@H]1[C@@H](O[C@H]2O[C@H](CO)[C@@H](N)[C@H](O)[C@H]2O)O[C@H]2C[C@@H](N)[C@@H](O[C@H]3[C@H](O)[C@@H](O)[C@H](N)C[C@@H]3N)O[C@@H]2[C@@H]1O. The van der Waals surface area contributed by atoms with Gasteiger partial charge in [-0.05, 0) is 93.4 Å². The van der Waals surface area contributed by atoms with E-state index in [-0.39, 0.29) is 44.5 Å². The molecule has 1 unspecified atom stereocenters. The molecule has 0 aromatic rings. The second-order valence-corrected chi connectivity index (χ2v) is 29.0. The lowest BCUT2D eigenvalue weighted by Crippen LogP contribution is -2.70. The minimum atomic E-state index is -1.54. The number of carbonyl (C=O) groups is 3. The number of cyclic esters (lactones) is 1. The number of methoxy groups -OCH3 is 2. The molecule has 0 radical (unpaired) electrons. The van der Waals surface area contributed by atoms with Crippen LogP contribution in [-0.4, -0.2) is 335 Å². The van der Waals surface area contributed by atoms with Crippen molar-refractivity contribution in [2.24, 2.45) is 46.6 Å². The van der Waals surface area contributed by atoms with Gasteiger partial charge in [0.1, 0.15) is 91.7 Å². The van der Waals surface area contributed by atoms with E-state index >= 15 is 0 Å². The van der Waals surface area contributed by atoms with Crippen molar-refractivity contribution >= 4 is 18.0 Å². The first-order valence-corrected chi connectivity index (χ1v) is 35.1. The number of aldehydes is 1. The van der Waals surface area contributed by atoms with E-state index in [1.54, 1.807) is 66.7 Å². The zero-order chi connectivity index (χ0) is 75.0. The molecule has 34 heteroatoms. The van der Waals surface area contributed by atoms with Crippen molar-refractivity contribution < 1.29 is 137 Å². The highest BCUT2D eigenvalue weighted by molar-refractivity contribution is 5.91. The highest BCUT2D eigenvalue weighted by atomic mass is 16.8. The van der Waals surface area contributed by atoms with Crippen molar-refractivity contribution in [2.45, 2.75) is 308 Å². The van der Waals surface area contributed by atoms with Crippen molar-refractivity contribution in [2.75, 3.05) is 48.6 Å². The monoisotopic (exact) mass is 1450 g/mol. The molecule has 34 nitrogen and oxygen atoms in total. The van der Waals surface area contributed by atoms with Crippen LogP contribution in [0, 0.1) is 23.7 Å². The minimum absolute atomic E-state index is 0.00788. The zero-order valence-corrected chi connectivity index (χ0v) is 60.2. The van der Waals surface area contributed by atoms with Crippen LogP contribution in [0.1, 0.15) is 100 Å². The number of nitrogens with zero attached hydrogens (tertiary/aromatic N) is 1. The first-order valence-electron chi connectivity index (χ1n) is 35.1. The van der Waals surface area contributed by atoms with Gasteiger partial charge in [-0.1, -0.05) is 38.5 Å². The Labute approximate surface area is 590 Å². The number of rotatable bonds is 19. The van der Waals surface area contributed by atoms with Crippen molar-refractivity contribution in [3.63, 3.8) is 0 Å². The van der Waals surface area contributed by atoms with Crippen LogP contribution < -0.4 is 28.3 Å². The third-order valence-electron chi connectivity index (χ3n) is 21.2. The van der Waals surface area contributed by atoms with E-state index in [1.807, 2.05) is 19.9 Å². The largest absolute Gasteiger partial charge is 0.462 e. The molecule has 7 aliphatic heterocycles. The molecule has 8 aliphatic rings. The summed E-state index contributed by atoms with van der Waals surface area (Å²) in [6, 6.07) is -4.80. The van der Waals surface area contributed by atoms with Gasteiger partial charge in [-0.15, -0.1) is 0 Å².